The summed E-state index contributed by atoms with van der Waals surface area (Å²) < 4.78 is 0. The Morgan fingerprint density at radius 1 is 0.773 bits per heavy atom. The number of hydrogen-bond acceptors (Lipinski definition) is 1. The molecule has 0 heterocycles. The first-order valence-electron chi connectivity index (χ1n) is 7.19. The van der Waals surface area contributed by atoms with E-state index in [0.29, 0.717) is 5.56 Å². The maximum Gasteiger partial charge on any atom is 0.336 e. The standard InChI is InChI=1S/C20H16O2/c21-20(22)19-12-5-4-11-18(19)17-10-6-9-16(14-17)13-15-7-2-1-3-8-15/h1-12,14H,13H2,(H,21,22). The van der Waals surface area contributed by atoms with Crippen LogP contribution in [0.4, 0.5) is 0 Å². The molecule has 0 amide bonds. The Balaban J connectivity index is 1.97. The van der Waals surface area contributed by atoms with Gasteiger partial charge in [0.1, 0.15) is 0 Å². The van der Waals surface area contributed by atoms with Gasteiger partial charge in [-0.1, -0.05) is 72.8 Å². The third kappa shape index (κ3) is 3.07. The van der Waals surface area contributed by atoms with Crippen LogP contribution in [0.15, 0.2) is 78.9 Å². The summed E-state index contributed by atoms with van der Waals surface area (Å²) in [6, 6.07) is 25.4. The van der Waals surface area contributed by atoms with Gasteiger partial charge in [-0.15, -0.1) is 0 Å². The van der Waals surface area contributed by atoms with Crippen molar-refractivity contribution in [3.8, 4) is 11.1 Å². The lowest BCUT2D eigenvalue weighted by molar-refractivity contribution is 0.0697. The van der Waals surface area contributed by atoms with Crippen LogP contribution in [0.25, 0.3) is 11.1 Å². The van der Waals surface area contributed by atoms with Crippen LogP contribution in [-0.2, 0) is 6.42 Å². The molecule has 3 aromatic rings. The van der Waals surface area contributed by atoms with E-state index in [4.69, 9.17) is 0 Å². The van der Waals surface area contributed by atoms with Crippen molar-refractivity contribution in [2.24, 2.45) is 0 Å². The van der Waals surface area contributed by atoms with Gasteiger partial charge in [0.05, 0.1) is 5.56 Å². The van der Waals surface area contributed by atoms with E-state index in [9.17, 15) is 9.90 Å². The lowest BCUT2D eigenvalue weighted by Crippen LogP contribution is -1.99. The van der Waals surface area contributed by atoms with Crippen LogP contribution in [0.3, 0.4) is 0 Å². The maximum absolute atomic E-state index is 11.4. The van der Waals surface area contributed by atoms with E-state index < -0.39 is 5.97 Å². The molecule has 2 heteroatoms. The molecule has 22 heavy (non-hydrogen) atoms. The highest BCUT2D eigenvalue weighted by Gasteiger charge is 2.10. The fourth-order valence-electron chi connectivity index (χ4n) is 2.60. The Morgan fingerprint density at radius 2 is 1.45 bits per heavy atom. The zero-order valence-corrected chi connectivity index (χ0v) is 12.1. The van der Waals surface area contributed by atoms with Crippen LogP contribution in [0.1, 0.15) is 21.5 Å². The molecular formula is C20H16O2. The van der Waals surface area contributed by atoms with Crippen LogP contribution >= 0.6 is 0 Å². The van der Waals surface area contributed by atoms with Gasteiger partial charge < -0.3 is 5.11 Å². The minimum Gasteiger partial charge on any atom is -0.478 e. The van der Waals surface area contributed by atoms with Crippen LogP contribution in [-0.4, -0.2) is 11.1 Å². The molecule has 0 aliphatic rings. The number of carboxylic acid groups (broad SMARTS) is 1. The molecule has 0 radical (unpaired) electrons. The van der Waals surface area contributed by atoms with Gasteiger partial charge in [0, 0.05) is 0 Å². The van der Waals surface area contributed by atoms with Gasteiger partial charge in [-0.3, -0.25) is 0 Å². The zero-order chi connectivity index (χ0) is 15.4. The summed E-state index contributed by atoms with van der Waals surface area (Å²) in [4.78, 5) is 11.4. The summed E-state index contributed by atoms with van der Waals surface area (Å²) in [6.07, 6.45) is 0.837. The second kappa shape index (κ2) is 6.27. The monoisotopic (exact) mass is 288 g/mol. The van der Waals surface area contributed by atoms with Crippen molar-refractivity contribution in [3.05, 3.63) is 95.6 Å². The molecule has 0 spiro atoms. The van der Waals surface area contributed by atoms with Crippen molar-refractivity contribution in [2.45, 2.75) is 6.42 Å². The van der Waals surface area contributed by atoms with Crippen LogP contribution in [0, 0.1) is 0 Å². The van der Waals surface area contributed by atoms with E-state index >= 15 is 0 Å². The molecule has 108 valence electrons. The molecule has 3 aromatic carbocycles. The molecular weight excluding hydrogens is 272 g/mol. The van der Waals surface area contributed by atoms with Gasteiger partial charge in [-0.2, -0.15) is 0 Å². The topological polar surface area (TPSA) is 37.3 Å². The summed E-state index contributed by atoms with van der Waals surface area (Å²) in [6.45, 7) is 0. The van der Waals surface area contributed by atoms with E-state index in [1.54, 1.807) is 12.1 Å². The molecule has 0 aromatic heterocycles. The minimum absolute atomic E-state index is 0.333. The molecule has 0 atom stereocenters. The molecule has 1 N–H and O–H groups in total. The number of carboxylic acids is 1. The Bertz CT molecular complexity index is 792. The molecule has 0 saturated heterocycles. The Morgan fingerprint density at radius 3 is 2.23 bits per heavy atom. The first kappa shape index (κ1) is 14.1. The number of hydrogen-bond donors (Lipinski definition) is 1. The van der Waals surface area contributed by atoms with Crippen molar-refractivity contribution in [1.82, 2.24) is 0 Å². The van der Waals surface area contributed by atoms with Crippen LogP contribution in [0.5, 0.6) is 0 Å². The van der Waals surface area contributed by atoms with E-state index in [2.05, 4.69) is 24.3 Å². The average molecular weight is 288 g/mol. The van der Waals surface area contributed by atoms with Gasteiger partial charge in [0.15, 0.2) is 0 Å². The van der Waals surface area contributed by atoms with Crippen LogP contribution in [0.2, 0.25) is 0 Å². The number of benzene rings is 3. The molecule has 0 saturated carbocycles. The molecule has 0 bridgehead atoms. The second-order valence-electron chi connectivity index (χ2n) is 5.21. The molecule has 0 fully saturated rings. The van der Waals surface area contributed by atoms with Crippen molar-refractivity contribution in [3.63, 3.8) is 0 Å². The Kier molecular flexibility index (Phi) is 4.01. The predicted molar refractivity (Wildman–Crippen MR) is 88.1 cm³/mol. The summed E-state index contributed by atoms with van der Waals surface area (Å²) in [5.74, 6) is -0.899. The lowest BCUT2D eigenvalue weighted by Gasteiger charge is -2.08. The van der Waals surface area contributed by atoms with Gasteiger partial charge in [0.2, 0.25) is 0 Å². The summed E-state index contributed by atoms with van der Waals surface area (Å²) in [7, 11) is 0. The average Bonchev–Trinajstić information content (AvgIpc) is 2.56. The third-order valence-corrected chi connectivity index (χ3v) is 3.65. The van der Waals surface area contributed by atoms with Crippen LogP contribution < -0.4 is 0 Å². The highest BCUT2D eigenvalue weighted by molar-refractivity contribution is 5.96. The maximum atomic E-state index is 11.4. The molecule has 2 nitrogen and oxygen atoms in total. The van der Waals surface area contributed by atoms with E-state index in [-0.39, 0.29) is 0 Å². The largest absolute Gasteiger partial charge is 0.478 e. The van der Waals surface area contributed by atoms with Crippen molar-refractivity contribution >= 4 is 5.97 Å². The summed E-state index contributed by atoms with van der Waals surface area (Å²) in [5.41, 5.74) is 4.44. The highest BCUT2D eigenvalue weighted by Crippen LogP contribution is 2.25. The smallest absolute Gasteiger partial charge is 0.336 e. The normalized spacial score (nSPS) is 10.4. The van der Waals surface area contributed by atoms with Gasteiger partial charge in [-0.05, 0) is 34.7 Å². The van der Waals surface area contributed by atoms with Crippen molar-refractivity contribution in [2.75, 3.05) is 0 Å². The molecule has 0 aliphatic carbocycles. The first-order valence-corrected chi connectivity index (χ1v) is 7.19. The fourth-order valence-corrected chi connectivity index (χ4v) is 2.60. The van der Waals surface area contributed by atoms with E-state index in [1.165, 1.54) is 11.1 Å². The predicted octanol–water partition coefficient (Wildman–Crippen LogP) is 4.64. The highest BCUT2D eigenvalue weighted by atomic mass is 16.4. The summed E-state index contributed by atoms with van der Waals surface area (Å²) >= 11 is 0. The number of aromatic carboxylic acids is 1. The van der Waals surface area contributed by atoms with E-state index in [1.807, 2.05) is 42.5 Å². The number of rotatable bonds is 4. The quantitative estimate of drug-likeness (QED) is 0.759. The van der Waals surface area contributed by atoms with E-state index in [0.717, 1.165) is 17.5 Å². The van der Waals surface area contributed by atoms with Gasteiger partial charge in [0.25, 0.3) is 0 Å². The molecule has 0 unspecified atom stereocenters. The van der Waals surface area contributed by atoms with Crippen molar-refractivity contribution in [1.29, 1.82) is 0 Å². The Hall–Kier alpha value is -2.87. The zero-order valence-electron chi connectivity index (χ0n) is 12.1. The van der Waals surface area contributed by atoms with Crippen molar-refractivity contribution < 1.29 is 9.90 Å². The lowest BCUT2D eigenvalue weighted by atomic mass is 9.96. The summed E-state index contributed by atoms with van der Waals surface area (Å²) in [5, 5.41) is 9.33. The first-order chi connectivity index (χ1) is 10.7. The minimum atomic E-state index is -0.899. The second-order valence-corrected chi connectivity index (χ2v) is 5.21. The van der Waals surface area contributed by atoms with Gasteiger partial charge in [-0.25, -0.2) is 4.79 Å². The number of carbonyl (C=O) groups is 1. The fraction of sp³-hybridized carbons (Fsp3) is 0.0500. The SMILES string of the molecule is O=C(O)c1ccccc1-c1cccc(Cc2ccccc2)c1. The Labute approximate surface area is 129 Å². The third-order valence-electron chi connectivity index (χ3n) is 3.65. The van der Waals surface area contributed by atoms with Gasteiger partial charge >= 0.3 is 5.97 Å². The molecule has 3 rings (SSSR count). The molecule has 0 aliphatic heterocycles.